The Morgan fingerprint density at radius 3 is 2.83 bits per heavy atom. The largest absolute Gasteiger partial charge is 0.452 e. The lowest BCUT2D eigenvalue weighted by Gasteiger charge is -2.06. The van der Waals surface area contributed by atoms with Gasteiger partial charge in [-0.2, -0.15) is 0 Å². The van der Waals surface area contributed by atoms with Gasteiger partial charge in [0.2, 0.25) is 0 Å². The van der Waals surface area contributed by atoms with Crippen LogP contribution in [-0.4, -0.2) is 25.0 Å². The van der Waals surface area contributed by atoms with E-state index in [0.717, 1.165) is 0 Å². The fourth-order valence-corrected chi connectivity index (χ4v) is 1.24. The average Bonchev–Trinajstić information content (AvgIpc) is 2.36. The molecule has 0 atom stereocenters. The number of amides is 1. The van der Waals surface area contributed by atoms with E-state index < -0.39 is 11.9 Å². The first-order valence-electron chi connectivity index (χ1n) is 5.14. The molecule has 0 saturated carbocycles. The summed E-state index contributed by atoms with van der Waals surface area (Å²) in [4.78, 5) is 22.7. The maximum atomic E-state index is 11.6. The van der Waals surface area contributed by atoms with Crippen molar-refractivity contribution >= 4 is 29.2 Å². The van der Waals surface area contributed by atoms with Gasteiger partial charge in [-0.3, -0.25) is 4.79 Å². The van der Waals surface area contributed by atoms with Gasteiger partial charge in [-0.25, -0.2) is 4.79 Å². The van der Waals surface area contributed by atoms with Crippen molar-refractivity contribution in [2.24, 2.45) is 0 Å². The Kier molecular flexibility index (Phi) is 5.20. The Balaban J connectivity index is 2.52. The first-order valence-corrected chi connectivity index (χ1v) is 5.52. The van der Waals surface area contributed by atoms with E-state index in [-0.39, 0.29) is 17.9 Å². The molecule has 1 amide bonds. The number of anilines is 1. The van der Waals surface area contributed by atoms with E-state index in [1.165, 1.54) is 24.3 Å². The van der Waals surface area contributed by atoms with Crippen molar-refractivity contribution in [1.82, 2.24) is 5.32 Å². The van der Waals surface area contributed by atoms with Gasteiger partial charge in [-0.05, 0) is 18.2 Å². The molecule has 18 heavy (non-hydrogen) atoms. The van der Waals surface area contributed by atoms with Gasteiger partial charge >= 0.3 is 5.97 Å². The lowest BCUT2D eigenvalue weighted by molar-refractivity contribution is -0.124. The summed E-state index contributed by atoms with van der Waals surface area (Å²) in [5.41, 5.74) is 6.07. The van der Waals surface area contributed by atoms with Crippen molar-refractivity contribution in [2.45, 2.75) is 0 Å². The van der Waals surface area contributed by atoms with E-state index >= 15 is 0 Å². The molecule has 0 aliphatic heterocycles. The minimum absolute atomic E-state index is 0.244. The highest BCUT2D eigenvalue weighted by Gasteiger charge is 2.10. The van der Waals surface area contributed by atoms with Crippen molar-refractivity contribution in [3.05, 3.63) is 41.4 Å². The molecule has 0 heterocycles. The zero-order valence-corrected chi connectivity index (χ0v) is 10.4. The summed E-state index contributed by atoms with van der Waals surface area (Å²) in [7, 11) is 0. The Hall–Kier alpha value is -2.01. The molecule has 1 aromatic carbocycles. The van der Waals surface area contributed by atoms with Crippen LogP contribution in [0, 0.1) is 0 Å². The predicted molar refractivity (Wildman–Crippen MR) is 69.4 cm³/mol. The molecule has 0 aliphatic rings. The van der Waals surface area contributed by atoms with Crippen LogP contribution in [0.5, 0.6) is 0 Å². The second kappa shape index (κ2) is 6.66. The second-order valence-corrected chi connectivity index (χ2v) is 3.81. The number of ether oxygens (including phenoxy) is 1. The predicted octanol–water partition coefficient (Wildman–Crippen LogP) is 1.38. The summed E-state index contributed by atoms with van der Waals surface area (Å²) >= 11 is 5.72. The van der Waals surface area contributed by atoms with Crippen molar-refractivity contribution in [3.8, 4) is 0 Å². The van der Waals surface area contributed by atoms with E-state index in [9.17, 15) is 9.59 Å². The molecule has 0 bridgehead atoms. The first-order chi connectivity index (χ1) is 8.54. The Morgan fingerprint density at radius 2 is 2.22 bits per heavy atom. The highest BCUT2D eigenvalue weighted by atomic mass is 35.5. The van der Waals surface area contributed by atoms with Crippen LogP contribution in [0.1, 0.15) is 10.4 Å². The molecular weight excluding hydrogens is 256 g/mol. The SMILES string of the molecule is C=CCNC(=O)COC(=O)c1ccc(Cl)c(N)c1. The Labute approximate surface area is 110 Å². The molecule has 0 fully saturated rings. The number of benzene rings is 1. The molecule has 0 radical (unpaired) electrons. The van der Waals surface area contributed by atoms with Gasteiger partial charge in [0.25, 0.3) is 5.91 Å². The zero-order valence-electron chi connectivity index (χ0n) is 9.61. The van der Waals surface area contributed by atoms with Gasteiger partial charge in [-0.1, -0.05) is 17.7 Å². The fraction of sp³-hybridized carbons (Fsp3) is 0.167. The van der Waals surface area contributed by atoms with E-state index in [4.69, 9.17) is 22.1 Å². The fourth-order valence-electron chi connectivity index (χ4n) is 1.12. The van der Waals surface area contributed by atoms with Gasteiger partial charge in [0.1, 0.15) is 0 Å². The summed E-state index contributed by atoms with van der Waals surface area (Å²) in [5, 5.41) is 2.84. The zero-order chi connectivity index (χ0) is 13.5. The number of nitrogens with one attached hydrogen (secondary N) is 1. The topological polar surface area (TPSA) is 81.4 Å². The minimum Gasteiger partial charge on any atom is -0.452 e. The maximum Gasteiger partial charge on any atom is 0.338 e. The minimum atomic E-state index is -0.632. The van der Waals surface area contributed by atoms with E-state index in [1.54, 1.807) is 0 Å². The van der Waals surface area contributed by atoms with Gasteiger partial charge in [-0.15, -0.1) is 6.58 Å². The van der Waals surface area contributed by atoms with Crippen LogP contribution in [0.15, 0.2) is 30.9 Å². The number of halogens is 1. The number of esters is 1. The number of carbonyl (C=O) groups excluding carboxylic acids is 2. The van der Waals surface area contributed by atoms with Crippen molar-refractivity contribution in [2.75, 3.05) is 18.9 Å². The highest BCUT2D eigenvalue weighted by Crippen LogP contribution is 2.19. The molecule has 0 aliphatic carbocycles. The van der Waals surface area contributed by atoms with Crippen LogP contribution < -0.4 is 11.1 Å². The summed E-state index contributed by atoms with van der Waals surface area (Å²) in [5.74, 6) is -1.03. The number of hydrogen-bond acceptors (Lipinski definition) is 4. The van der Waals surface area contributed by atoms with Crippen LogP contribution in [-0.2, 0) is 9.53 Å². The molecule has 3 N–H and O–H groups in total. The van der Waals surface area contributed by atoms with Gasteiger partial charge in [0.05, 0.1) is 16.3 Å². The van der Waals surface area contributed by atoms with Gasteiger partial charge in [0, 0.05) is 6.54 Å². The molecule has 1 rings (SSSR count). The first kappa shape index (κ1) is 14.1. The summed E-state index contributed by atoms with van der Waals surface area (Å²) in [6.45, 7) is 3.42. The standard InChI is InChI=1S/C12H13ClN2O3/c1-2-5-15-11(16)7-18-12(17)8-3-4-9(13)10(14)6-8/h2-4,6H,1,5,7,14H2,(H,15,16). The molecule has 96 valence electrons. The average molecular weight is 269 g/mol. The van der Waals surface area contributed by atoms with E-state index in [2.05, 4.69) is 11.9 Å². The Bertz CT molecular complexity index is 474. The van der Waals surface area contributed by atoms with Crippen molar-refractivity contribution < 1.29 is 14.3 Å². The van der Waals surface area contributed by atoms with Crippen molar-refractivity contribution in [1.29, 1.82) is 0 Å². The molecule has 0 saturated heterocycles. The molecular formula is C12H13ClN2O3. The number of hydrogen-bond donors (Lipinski definition) is 2. The smallest absolute Gasteiger partial charge is 0.338 e. The van der Waals surface area contributed by atoms with E-state index in [1.807, 2.05) is 0 Å². The lowest BCUT2D eigenvalue weighted by Crippen LogP contribution is -2.28. The number of nitrogen functional groups attached to an aromatic ring is 1. The van der Waals surface area contributed by atoms with Crippen LogP contribution >= 0.6 is 11.6 Å². The number of nitrogens with two attached hydrogens (primary N) is 1. The summed E-state index contributed by atoms with van der Waals surface area (Å²) in [6, 6.07) is 4.36. The monoisotopic (exact) mass is 268 g/mol. The molecule has 6 heteroatoms. The summed E-state index contributed by atoms with van der Waals surface area (Å²) < 4.78 is 4.80. The number of rotatable bonds is 5. The van der Waals surface area contributed by atoms with Crippen LogP contribution in [0.2, 0.25) is 5.02 Å². The number of carbonyl (C=O) groups is 2. The normalized spacial score (nSPS) is 9.61. The lowest BCUT2D eigenvalue weighted by atomic mass is 10.2. The maximum absolute atomic E-state index is 11.6. The third kappa shape index (κ3) is 4.10. The van der Waals surface area contributed by atoms with Gasteiger partial charge in [0.15, 0.2) is 6.61 Å². The molecule has 1 aromatic rings. The van der Waals surface area contributed by atoms with Gasteiger partial charge < -0.3 is 15.8 Å². The van der Waals surface area contributed by atoms with Crippen LogP contribution in [0.3, 0.4) is 0 Å². The molecule has 5 nitrogen and oxygen atoms in total. The molecule has 0 spiro atoms. The van der Waals surface area contributed by atoms with Crippen LogP contribution in [0.25, 0.3) is 0 Å². The highest BCUT2D eigenvalue weighted by molar-refractivity contribution is 6.33. The quantitative estimate of drug-likeness (QED) is 0.480. The van der Waals surface area contributed by atoms with Crippen molar-refractivity contribution in [3.63, 3.8) is 0 Å². The van der Waals surface area contributed by atoms with E-state index in [0.29, 0.717) is 11.6 Å². The molecule has 0 aromatic heterocycles. The Morgan fingerprint density at radius 1 is 1.50 bits per heavy atom. The molecule has 0 unspecified atom stereocenters. The summed E-state index contributed by atoms with van der Waals surface area (Å²) in [6.07, 6.45) is 1.53. The third-order valence-electron chi connectivity index (χ3n) is 2.01. The third-order valence-corrected chi connectivity index (χ3v) is 2.35. The van der Waals surface area contributed by atoms with Crippen LogP contribution in [0.4, 0.5) is 5.69 Å². The second-order valence-electron chi connectivity index (χ2n) is 3.41.